The highest BCUT2D eigenvalue weighted by molar-refractivity contribution is 7.93. The fourth-order valence-corrected chi connectivity index (χ4v) is 5.41. The van der Waals surface area contributed by atoms with E-state index in [0.29, 0.717) is 10.1 Å². The third kappa shape index (κ3) is 3.53. The van der Waals surface area contributed by atoms with Crippen molar-refractivity contribution in [3.05, 3.63) is 58.2 Å². The number of thiophene rings is 1. The number of halogens is 2. The molecule has 0 bridgehead atoms. The number of hydrogen-bond acceptors (Lipinski definition) is 5. The number of hydrogen-bond donors (Lipinski definition) is 1. The zero-order chi connectivity index (χ0) is 18.9. The lowest BCUT2D eigenvalue weighted by molar-refractivity contribution is 0.0528. The maximum absolute atomic E-state index is 13.3. The van der Waals surface area contributed by atoms with Crippen molar-refractivity contribution < 1.29 is 22.3 Å². The normalized spacial score (nSPS) is 11.5. The molecule has 1 aromatic heterocycles. The summed E-state index contributed by atoms with van der Waals surface area (Å²) in [6.45, 7) is 1.76. The van der Waals surface area contributed by atoms with Gasteiger partial charge >= 0.3 is 5.97 Å². The molecule has 0 fully saturated rings. The van der Waals surface area contributed by atoms with E-state index >= 15 is 0 Å². The molecule has 9 heteroatoms. The second-order valence-corrected chi connectivity index (χ2v) is 8.29. The first-order valence-electron chi connectivity index (χ1n) is 7.50. The summed E-state index contributed by atoms with van der Waals surface area (Å²) in [6, 6.07) is 10.2. The lowest BCUT2D eigenvalue weighted by Gasteiger charge is -2.10. The molecule has 0 saturated carbocycles. The second-order valence-electron chi connectivity index (χ2n) is 5.21. The minimum Gasteiger partial charge on any atom is -0.462 e. The van der Waals surface area contributed by atoms with Gasteiger partial charge in [0.15, 0.2) is 0 Å². The van der Waals surface area contributed by atoms with E-state index < -0.39 is 21.8 Å². The van der Waals surface area contributed by atoms with Crippen LogP contribution in [0.1, 0.15) is 16.6 Å². The summed E-state index contributed by atoms with van der Waals surface area (Å²) in [5.74, 6) is -1.38. The zero-order valence-electron chi connectivity index (χ0n) is 13.5. The van der Waals surface area contributed by atoms with Gasteiger partial charge in [0.05, 0.1) is 17.3 Å². The molecular formula is C17H13ClFNO4S2. The number of carbonyl (C=O) groups is 1. The summed E-state index contributed by atoms with van der Waals surface area (Å²) < 4.78 is 47.2. The van der Waals surface area contributed by atoms with E-state index in [0.717, 1.165) is 23.5 Å². The molecule has 0 aliphatic heterocycles. The van der Waals surface area contributed by atoms with Crippen molar-refractivity contribution in [3.63, 3.8) is 0 Å². The Kier molecular flexibility index (Phi) is 5.17. The fourth-order valence-electron chi connectivity index (χ4n) is 2.39. The molecule has 0 amide bonds. The molecule has 136 valence electrons. The first-order chi connectivity index (χ1) is 12.3. The molecule has 0 unspecified atom stereocenters. The van der Waals surface area contributed by atoms with Crippen molar-refractivity contribution in [3.8, 4) is 0 Å². The molecule has 3 aromatic rings. The molecule has 0 radical (unpaired) electrons. The van der Waals surface area contributed by atoms with Gasteiger partial charge in [-0.15, -0.1) is 11.3 Å². The van der Waals surface area contributed by atoms with Crippen LogP contribution in [-0.4, -0.2) is 21.0 Å². The van der Waals surface area contributed by atoms with Gasteiger partial charge in [0.2, 0.25) is 0 Å². The number of benzene rings is 2. The van der Waals surface area contributed by atoms with Crippen molar-refractivity contribution in [2.45, 2.75) is 11.8 Å². The minimum atomic E-state index is -4.14. The van der Waals surface area contributed by atoms with Crippen LogP contribution in [0.15, 0.2) is 47.4 Å². The summed E-state index contributed by atoms with van der Waals surface area (Å²) in [5, 5.41) is 0.187. The molecule has 0 spiro atoms. The first kappa shape index (κ1) is 18.6. The van der Waals surface area contributed by atoms with Crippen molar-refractivity contribution in [2.75, 3.05) is 11.3 Å². The molecule has 0 aliphatic rings. The largest absolute Gasteiger partial charge is 0.462 e. The van der Waals surface area contributed by atoms with E-state index in [-0.39, 0.29) is 27.1 Å². The molecule has 3 rings (SSSR count). The summed E-state index contributed by atoms with van der Waals surface area (Å²) in [5.41, 5.74) is 0.0847. The van der Waals surface area contributed by atoms with Gasteiger partial charge in [-0.25, -0.2) is 17.6 Å². The summed E-state index contributed by atoms with van der Waals surface area (Å²) in [4.78, 5) is 12.1. The van der Waals surface area contributed by atoms with E-state index in [2.05, 4.69) is 4.72 Å². The lowest BCUT2D eigenvalue weighted by atomic mass is 10.2. The predicted octanol–water partition coefficient (Wildman–Crippen LogP) is 4.67. The molecule has 26 heavy (non-hydrogen) atoms. The SMILES string of the molecule is CCOC(=O)c1sc2ccccc2c1S(=O)(=O)Nc1ccc(F)c(Cl)c1. The molecule has 2 aromatic carbocycles. The highest BCUT2D eigenvalue weighted by Gasteiger charge is 2.29. The quantitative estimate of drug-likeness (QED) is 0.617. The number of carbonyl (C=O) groups excluding carboxylic acids is 1. The maximum atomic E-state index is 13.3. The van der Waals surface area contributed by atoms with E-state index in [1.54, 1.807) is 31.2 Å². The number of rotatable bonds is 5. The van der Waals surface area contributed by atoms with Crippen molar-refractivity contribution >= 4 is 54.7 Å². The topological polar surface area (TPSA) is 72.5 Å². The third-order valence-corrected chi connectivity index (χ3v) is 6.49. The van der Waals surface area contributed by atoms with Crippen LogP contribution in [0.4, 0.5) is 10.1 Å². The van der Waals surface area contributed by atoms with Crippen molar-refractivity contribution in [1.82, 2.24) is 0 Å². The number of anilines is 1. The Morgan fingerprint density at radius 3 is 2.69 bits per heavy atom. The molecule has 1 heterocycles. The van der Waals surface area contributed by atoms with Gasteiger partial charge in [0.25, 0.3) is 10.0 Å². The predicted molar refractivity (Wildman–Crippen MR) is 100 cm³/mol. The first-order valence-corrected chi connectivity index (χ1v) is 10.2. The van der Waals surface area contributed by atoms with Crippen molar-refractivity contribution in [1.29, 1.82) is 0 Å². The van der Waals surface area contributed by atoms with Crippen LogP contribution < -0.4 is 4.72 Å². The fraction of sp³-hybridized carbons (Fsp3) is 0.118. The average molecular weight is 414 g/mol. The summed E-state index contributed by atoms with van der Waals surface area (Å²) in [6.07, 6.45) is 0. The number of ether oxygens (including phenoxy) is 1. The smallest absolute Gasteiger partial charge is 0.349 e. The van der Waals surface area contributed by atoms with E-state index in [4.69, 9.17) is 16.3 Å². The van der Waals surface area contributed by atoms with Gasteiger partial charge in [-0.2, -0.15) is 0 Å². The Morgan fingerprint density at radius 2 is 2.00 bits per heavy atom. The minimum absolute atomic E-state index is 0.0197. The molecule has 0 aliphatic carbocycles. The lowest BCUT2D eigenvalue weighted by Crippen LogP contribution is -2.16. The van der Waals surface area contributed by atoms with Crippen LogP contribution >= 0.6 is 22.9 Å². The summed E-state index contributed by atoms with van der Waals surface area (Å²) >= 11 is 6.74. The molecule has 5 nitrogen and oxygen atoms in total. The number of nitrogens with one attached hydrogen (secondary N) is 1. The van der Waals surface area contributed by atoms with Crippen LogP contribution in [0, 0.1) is 5.82 Å². The van der Waals surface area contributed by atoms with Gasteiger partial charge in [0.1, 0.15) is 15.6 Å². The molecule has 1 N–H and O–H groups in total. The second kappa shape index (κ2) is 7.22. The zero-order valence-corrected chi connectivity index (χ0v) is 15.8. The van der Waals surface area contributed by atoms with E-state index in [1.165, 1.54) is 6.07 Å². The van der Waals surface area contributed by atoms with Crippen LogP contribution in [-0.2, 0) is 14.8 Å². The highest BCUT2D eigenvalue weighted by atomic mass is 35.5. The molecular weight excluding hydrogens is 401 g/mol. The number of sulfonamides is 1. The molecule has 0 saturated heterocycles. The van der Waals surface area contributed by atoms with Crippen LogP contribution in [0.5, 0.6) is 0 Å². The van der Waals surface area contributed by atoms with Crippen LogP contribution in [0.2, 0.25) is 5.02 Å². The Balaban J connectivity index is 2.13. The van der Waals surface area contributed by atoms with Crippen molar-refractivity contribution in [2.24, 2.45) is 0 Å². The van der Waals surface area contributed by atoms with Gasteiger partial charge in [-0.3, -0.25) is 4.72 Å². The number of esters is 1. The Morgan fingerprint density at radius 1 is 1.27 bits per heavy atom. The Hall–Kier alpha value is -2.16. The molecule has 0 atom stereocenters. The van der Waals surface area contributed by atoms with Gasteiger partial charge in [0, 0.05) is 10.1 Å². The van der Waals surface area contributed by atoms with Crippen LogP contribution in [0.3, 0.4) is 0 Å². The van der Waals surface area contributed by atoms with Gasteiger partial charge in [-0.1, -0.05) is 29.8 Å². The Labute approximate surface area is 158 Å². The van der Waals surface area contributed by atoms with E-state index in [9.17, 15) is 17.6 Å². The average Bonchev–Trinajstić information content (AvgIpc) is 2.99. The van der Waals surface area contributed by atoms with Gasteiger partial charge < -0.3 is 4.74 Å². The van der Waals surface area contributed by atoms with Crippen LogP contribution in [0.25, 0.3) is 10.1 Å². The third-order valence-electron chi connectivity index (χ3n) is 3.45. The monoisotopic (exact) mass is 413 g/mol. The maximum Gasteiger partial charge on any atom is 0.349 e. The highest BCUT2D eigenvalue weighted by Crippen LogP contribution is 2.36. The summed E-state index contributed by atoms with van der Waals surface area (Å²) in [7, 11) is -4.14. The standard InChI is InChI=1S/C17H13ClFNO4S2/c1-2-24-17(21)15-16(11-5-3-4-6-14(11)25-15)26(22,23)20-10-7-8-13(19)12(18)9-10/h3-9,20H,2H2,1H3. The van der Waals surface area contributed by atoms with Gasteiger partial charge in [-0.05, 0) is 31.2 Å². The van der Waals surface area contributed by atoms with E-state index in [1.807, 2.05) is 0 Å². The Bertz CT molecular complexity index is 1100. The number of fused-ring (bicyclic) bond motifs is 1.